The molecule has 46 valence electrons. The molecule has 0 unspecified atom stereocenters. The largest absolute Gasteiger partial charge is 1.00 e. The second-order valence-electron chi connectivity index (χ2n) is 1.60. The third-order valence-electron chi connectivity index (χ3n) is 0.786. The van der Waals surface area contributed by atoms with E-state index in [1.165, 1.54) is 10.7 Å². The maximum Gasteiger partial charge on any atom is 0.232 e. The maximum atomic E-state index is 3.16. The molecule has 0 saturated heterocycles. The van der Waals surface area contributed by atoms with E-state index in [1.54, 1.807) is 11.3 Å². The predicted octanol–water partition coefficient (Wildman–Crippen LogP) is -1.82. The number of hydrogen-bond acceptors (Lipinski definition) is 1. The van der Waals surface area contributed by atoms with Crippen LogP contribution >= 0.6 is 11.3 Å². The summed E-state index contributed by atoms with van der Waals surface area (Å²) >= 11 is 1.75. The van der Waals surface area contributed by atoms with Gasteiger partial charge >= 0.3 is 0 Å². The van der Waals surface area contributed by atoms with Crippen LogP contribution in [0.2, 0.25) is 0 Å². The Hall–Kier alpha value is -0.0800. The normalized spacial score (nSPS) is 8.25. The second-order valence-corrected chi connectivity index (χ2v) is 2.68. The van der Waals surface area contributed by atoms with Gasteiger partial charge in [-0.05, 0) is 0 Å². The Bertz CT molecular complexity index is 145. The third kappa shape index (κ3) is 1.80. The van der Waals surface area contributed by atoms with Gasteiger partial charge < -0.3 is 12.4 Å². The zero-order chi connectivity index (χ0) is 5.28. The van der Waals surface area contributed by atoms with Gasteiger partial charge in [-0.3, -0.25) is 0 Å². The molecule has 8 heavy (non-hydrogen) atoms. The summed E-state index contributed by atoms with van der Waals surface area (Å²) in [5.41, 5.74) is 1.25. The van der Waals surface area contributed by atoms with Crippen molar-refractivity contribution in [2.45, 2.75) is 13.8 Å². The number of nitrogens with one attached hydrogen (secondary N) is 1. The molecule has 0 radical (unpaired) electrons. The molecule has 0 fully saturated rings. The van der Waals surface area contributed by atoms with Gasteiger partial charge in [-0.15, -0.1) is 0 Å². The topological polar surface area (TPSA) is 14.1 Å². The van der Waals surface area contributed by atoms with E-state index in [9.17, 15) is 0 Å². The lowest BCUT2D eigenvalue weighted by Gasteiger charge is -1.62. The Balaban J connectivity index is 0.000000490. The van der Waals surface area contributed by atoms with Crippen LogP contribution in [0, 0.1) is 13.8 Å². The number of rotatable bonds is 0. The first-order valence-corrected chi connectivity index (χ1v) is 3.11. The second kappa shape index (κ2) is 3.05. The highest BCUT2D eigenvalue weighted by molar-refractivity contribution is 7.09. The summed E-state index contributed by atoms with van der Waals surface area (Å²) in [6.07, 6.45) is 0. The van der Waals surface area contributed by atoms with Gasteiger partial charge in [-0.1, -0.05) is 11.3 Å². The number of aromatic amines is 1. The first-order chi connectivity index (χ1) is 3.29. The van der Waals surface area contributed by atoms with Gasteiger partial charge in [0.2, 0.25) is 5.01 Å². The summed E-state index contributed by atoms with van der Waals surface area (Å²) in [5, 5.41) is 3.38. The minimum absolute atomic E-state index is 0. The minimum Gasteiger partial charge on any atom is -1.00 e. The Morgan fingerprint density at radius 3 is 2.25 bits per heavy atom. The van der Waals surface area contributed by atoms with Crippen molar-refractivity contribution in [3.8, 4) is 0 Å². The Morgan fingerprint density at radius 1 is 1.50 bits per heavy atom. The molecule has 0 aromatic carbocycles. The zero-order valence-corrected chi connectivity index (χ0v) is 6.44. The first kappa shape index (κ1) is 7.92. The van der Waals surface area contributed by atoms with Crippen LogP contribution in [0.3, 0.4) is 0 Å². The standard InChI is InChI=1S/C5H7NS.ClH/c1-4-3-7-5(2)6-4;/h3H,1-2H3;1H. The van der Waals surface area contributed by atoms with Gasteiger partial charge in [-0.2, -0.15) is 0 Å². The van der Waals surface area contributed by atoms with Gasteiger partial charge in [0.05, 0.1) is 5.38 Å². The predicted molar refractivity (Wildman–Crippen MR) is 30.3 cm³/mol. The summed E-state index contributed by atoms with van der Waals surface area (Å²) in [4.78, 5) is 3.16. The molecule has 1 aromatic rings. The fraction of sp³-hybridized carbons (Fsp3) is 0.400. The maximum absolute atomic E-state index is 3.16. The van der Waals surface area contributed by atoms with Crippen LogP contribution in [-0.2, 0) is 0 Å². The number of hydrogen-bond donors (Lipinski definition) is 0. The van der Waals surface area contributed by atoms with E-state index < -0.39 is 0 Å². The molecule has 0 amide bonds. The molecule has 0 spiro atoms. The summed E-state index contributed by atoms with van der Waals surface area (Å²) in [6.45, 7) is 4.13. The molecule has 1 aromatic heterocycles. The highest BCUT2D eigenvalue weighted by Crippen LogP contribution is 1.99. The molecule has 3 heteroatoms. The summed E-state index contributed by atoms with van der Waals surface area (Å²) < 4.78 is 0. The number of H-pyrrole nitrogens is 1. The van der Waals surface area contributed by atoms with Crippen molar-refractivity contribution >= 4 is 11.3 Å². The minimum atomic E-state index is 0. The average Bonchev–Trinajstić information content (AvgIpc) is 1.87. The molecule has 0 aliphatic rings. The SMILES string of the molecule is Cc1csc(C)[nH+]1.[Cl-]. The Morgan fingerprint density at radius 2 is 2.12 bits per heavy atom. The average molecular weight is 150 g/mol. The van der Waals surface area contributed by atoms with E-state index in [0.29, 0.717) is 0 Å². The van der Waals surface area contributed by atoms with Crippen LogP contribution in [0.5, 0.6) is 0 Å². The molecule has 0 aliphatic carbocycles. The summed E-state index contributed by atoms with van der Waals surface area (Å²) in [7, 11) is 0. The third-order valence-corrected chi connectivity index (χ3v) is 1.71. The van der Waals surface area contributed by atoms with Crippen LogP contribution in [0.15, 0.2) is 5.38 Å². The van der Waals surface area contributed by atoms with Gasteiger partial charge in [-0.25, -0.2) is 4.98 Å². The monoisotopic (exact) mass is 149 g/mol. The number of aryl methyl sites for hydroxylation is 2. The Kier molecular flexibility index (Phi) is 3.02. The lowest BCUT2D eigenvalue weighted by Crippen LogP contribution is -3.00. The van der Waals surface area contributed by atoms with Crippen molar-refractivity contribution in [3.63, 3.8) is 0 Å². The molecule has 1 rings (SSSR count). The van der Waals surface area contributed by atoms with E-state index in [1.807, 2.05) is 0 Å². The van der Waals surface area contributed by atoms with Gasteiger partial charge in [0.15, 0.2) is 5.69 Å². The zero-order valence-electron chi connectivity index (χ0n) is 4.86. The van der Waals surface area contributed by atoms with E-state index in [0.717, 1.165) is 0 Å². The summed E-state index contributed by atoms with van der Waals surface area (Å²) in [6, 6.07) is 0. The molecule has 1 heterocycles. The van der Waals surface area contributed by atoms with Crippen LogP contribution in [0.25, 0.3) is 0 Å². The van der Waals surface area contributed by atoms with E-state index >= 15 is 0 Å². The quantitative estimate of drug-likeness (QED) is 0.413. The van der Waals surface area contributed by atoms with Crippen LogP contribution in [0.4, 0.5) is 0 Å². The highest BCUT2D eigenvalue weighted by Gasteiger charge is 1.95. The van der Waals surface area contributed by atoms with Crippen molar-refractivity contribution in [2.24, 2.45) is 0 Å². The number of aromatic nitrogens is 1. The Labute approximate surface area is 59.2 Å². The molecule has 1 nitrogen and oxygen atoms in total. The lowest BCUT2D eigenvalue weighted by molar-refractivity contribution is -0.388. The van der Waals surface area contributed by atoms with E-state index in [4.69, 9.17) is 0 Å². The highest BCUT2D eigenvalue weighted by atomic mass is 35.5. The molecular weight excluding hydrogens is 142 g/mol. The molecule has 0 atom stereocenters. The van der Waals surface area contributed by atoms with Gasteiger partial charge in [0, 0.05) is 13.8 Å². The summed E-state index contributed by atoms with van der Waals surface area (Å²) in [5.74, 6) is 0. The fourth-order valence-corrected chi connectivity index (χ4v) is 1.15. The number of thiazole rings is 1. The van der Waals surface area contributed by atoms with Crippen LogP contribution < -0.4 is 17.4 Å². The van der Waals surface area contributed by atoms with E-state index in [2.05, 4.69) is 24.2 Å². The van der Waals surface area contributed by atoms with Crippen molar-refractivity contribution in [1.29, 1.82) is 0 Å². The van der Waals surface area contributed by atoms with Gasteiger partial charge in [0.25, 0.3) is 0 Å². The number of halogens is 1. The van der Waals surface area contributed by atoms with Crippen LogP contribution in [0.1, 0.15) is 10.7 Å². The van der Waals surface area contributed by atoms with Crippen molar-refractivity contribution in [3.05, 3.63) is 16.1 Å². The molecule has 0 bridgehead atoms. The fourth-order valence-electron chi connectivity index (χ4n) is 0.513. The molecule has 0 saturated carbocycles. The van der Waals surface area contributed by atoms with Crippen molar-refractivity contribution < 1.29 is 17.4 Å². The molecular formula is C5H8ClNS. The smallest absolute Gasteiger partial charge is 0.232 e. The van der Waals surface area contributed by atoms with Crippen molar-refractivity contribution in [2.75, 3.05) is 0 Å². The molecule has 0 aliphatic heterocycles. The van der Waals surface area contributed by atoms with Gasteiger partial charge in [0.1, 0.15) is 0 Å². The van der Waals surface area contributed by atoms with Crippen molar-refractivity contribution in [1.82, 2.24) is 0 Å². The van der Waals surface area contributed by atoms with E-state index in [-0.39, 0.29) is 12.4 Å². The first-order valence-electron chi connectivity index (χ1n) is 2.23. The molecule has 1 N–H and O–H groups in total. The van der Waals surface area contributed by atoms with Crippen LogP contribution in [-0.4, -0.2) is 0 Å². The lowest BCUT2D eigenvalue weighted by atomic mass is 10.6.